The van der Waals surface area contributed by atoms with E-state index in [2.05, 4.69) is 0 Å². The maximum absolute atomic E-state index is 10.3. The summed E-state index contributed by atoms with van der Waals surface area (Å²) in [7, 11) is 1.53. The Bertz CT molecular complexity index is 568. The van der Waals surface area contributed by atoms with Crippen LogP contribution in [0.3, 0.4) is 0 Å². The number of thiophene rings is 1. The van der Waals surface area contributed by atoms with Crippen LogP contribution in [0.4, 0.5) is 0 Å². The Morgan fingerprint density at radius 3 is 2.44 bits per heavy atom. The number of benzene rings is 1. The van der Waals surface area contributed by atoms with Crippen molar-refractivity contribution in [3.05, 3.63) is 49.1 Å². The molecule has 0 spiro atoms. The first-order valence-corrected chi connectivity index (χ1v) is 6.94. The average molecular weight is 324 g/mol. The lowest BCUT2D eigenvalue weighted by Crippen LogP contribution is -2.01. The zero-order chi connectivity index (χ0) is 13.3. The first kappa shape index (κ1) is 14.0. The van der Waals surface area contributed by atoms with Crippen LogP contribution in [0.2, 0.25) is 13.7 Å². The minimum atomic E-state index is -0.921. The van der Waals surface area contributed by atoms with Crippen LogP contribution in [0.5, 0.6) is 5.75 Å². The van der Waals surface area contributed by atoms with Crippen LogP contribution in [0.25, 0.3) is 0 Å². The van der Waals surface area contributed by atoms with Crippen molar-refractivity contribution in [1.82, 2.24) is 0 Å². The summed E-state index contributed by atoms with van der Waals surface area (Å²) in [6.45, 7) is 0. The summed E-state index contributed by atoms with van der Waals surface area (Å²) in [6, 6.07) is 6.67. The van der Waals surface area contributed by atoms with Gasteiger partial charge in [-0.2, -0.15) is 0 Å². The number of ether oxygens (including phenoxy) is 1. The second-order valence-electron chi connectivity index (χ2n) is 3.57. The first-order valence-electron chi connectivity index (χ1n) is 4.99. The summed E-state index contributed by atoms with van der Waals surface area (Å²) in [5.41, 5.74) is 1.11. The van der Waals surface area contributed by atoms with Crippen molar-refractivity contribution in [2.45, 2.75) is 6.10 Å². The lowest BCUT2D eigenvalue weighted by Gasteiger charge is -2.14. The molecule has 0 aliphatic heterocycles. The van der Waals surface area contributed by atoms with Gasteiger partial charge in [0.15, 0.2) is 0 Å². The van der Waals surface area contributed by atoms with E-state index in [4.69, 9.17) is 39.5 Å². The fraction of sp³-hybridized carbons (Fsp3) is 0.167. The zero-order valence-corrected chi connectivity index (χ0v) is 12.4. The predicted octanol–water partition coefficient (Wildman–Crippen LogP) is 4.80. The molecule has 1 heterocycles. The maximum Gasteiger partial charge on any atom is 0.125 e. The quantitative estimate of drug-likeness (QED) is 0.879. The molecule has 2 rings (SSSR count). The number of methoxy groups -OCH3 is 1. The Kier molecular flexibility index (Phi) is 4.41. The standard InChI is InChI=1S/C12H9Cl3O2S/c1-17-9-3-2-6(13)4-7(9)11(16)8-5-10(14)18-12(8)15/h2-5,11,16H,1H3. The molecule has 1 unspecified atom stereocenters. The van der Waals surface area contributed by atoms with Gasteiger partial charge in [-0.05, 0) is 24.3 Å². The van der Waals surface area contributed by atoms with Gasteiger partial charge in [-0.1, -0.05) is 34.8 Å². The average Bonchev–Trinajstić information content (AvgIpc) is 2.67. The fourth-order valence-corrected chi connectivity index (χ4v) is 3.33. The van der Waals surface area contributed by atoms with Gasteiger partial charge in [0.1, 0.15) is 16.2 Å². The molecule has 0 amide bonds. The van der Waals surface area contributed by atoms with Crippen molar-refractivity contribution in [3.63, 3.8) is 0 Å². The SMILES string of the molecule is COc1ccc(Cl)cc1C(O)c1cc(Cl)sc1Cl. The molecule has 0 saturated heterocycles. The van der Waals surface area contributed by atoms with E-state index in [0.717, 1.165) is 0 Å². The van der Waals surface area contributed by atoms with Crippen molar-refractivity contribution in [2.24, 2.45) is 0 Å². The highest BCUT2D eigenvalue weighted by Crippen LogP contribution is 2.40. The van der Waals surface area contributed by atoms with Crippen LogP contribution < -0.4 is 4.74 Å². The third kappa shape index (κ3) is 2.76. The molecular formula is C12H9Cl3O2S. The largest absolute Gasteiger partial charge is 0.496 e. The van der Waals surface area contributed by atoms with E-state index in [1.165, 1.54) is 18.4 Å². The molecule has 2 nitrogen and oxygen atoms in total. The fourth-order valence-electron chi connectivity index (χ4n) is 1.63. The molecular weight excluding hydrogens is 315 g/mol. The predicted molar refractivity (Wildman–Crippen MR) is 76.4 cm³/mol. The Balaban J connectivity index is 2.48. The van der Waals surface area contributed by atoms with Crippen LogP contribution in [-0.2, 0) is 0 Å². The molecule has 6 heteroatoms. The smallest absolute Gasteiger partial charge is 0.125 e. The van der Waals surface area contributed by atoms with Crippen LogP contribution in [0.1, 0.15) is 17.2 Å². The molecule has 0 bridgehead atoms. The Morgan fingerprint density at radius 1 is 1.17 bits per heavy atom. The van der Waals surface area contributed by atoms with E-state index < -0.39 is 6.10 Å². The molecule has 1 aromatic carbocycles. The summed E-state index contributed by atoms with van der Waals surface area (Å²) >= 11 is 19.0. The van der Waals surface area contributed by atoms with E-state index in [1.807, 2.05) is 0 Å². The van der Waals surface area contributed by atoms with Gasteiger partial charge in [-0.25, -0.2) is 0 Å². The summed E-state index contributed by atoms with van der Waals surface area (Å²) < 4.78 is 6.17. The zero-order valence-electron chi connectivity index (χ0n) is 9.28. The van der Waals surface area contributed by atoms with Crippen molar-refractivity contribution < 1.29 is 9.84 Å². The maximum atomic E-state index is 10.3. The highest BCUT2D eigenvalue weighted by atomic mass is 35.5. The van der Waals surface area contributed by atoms with Gasteiger partial charge in [0, 0.05) is 16.1 Å². The summed E-state index contributed by atoms with van der Waals surface area (Å²) in [6.07, 6.45) is -0.921. The van der Waals surface area contributed by atoms with Crippen molar-refractivity contribution in [3.8, 4) is 5.75 Å². The summed E-state index contributed by atoms with van der Waals surface area (Å²) in [5, 5.41) is 10.9. The molecule has 0 radical (unpaired) electrons. The minimum Gasteiger partial charge on any atom is -0.496 e. The molecule has 0 fully saturated rings. The second kappa shape index (κ2) is 5.68. The summed E-state index contributed by atoms with van der Waals surface area (Å²) in [5.74, 6) is 0.547. The summed E-state index contributed by atoms with van der Waals surface area (Å²) in [4.78, 5) is 0. The monoisotopic (exact) mass is 322 g/mol. The molecule has 0 aliphatic carbocycles. The van der Waals surface area contributed by atoms with Crippen LogP contribution >= 0.6 is 46.1 Å². The van der Waals surface area contributed by atoms with Gasteiger partial charge in [-0.15, -0.1) is 11.3 Å². The van der Waals surface area contributed by atoms with E-state index in [0.29, 0.717) is 30.6 Å². The van der Waals surface area contributed by atoms with E-state index in [-0.39, 0.29) is 0 Å². The number of aliphatic hydroxyl groups is 1. The second-order valence-corrected chi connectivity index (χ2v) is 6.29. The highest BCUT2D eigenvalue weighted by Gasteiger charge is 2.20. The topological polar surface area (TPSA) is 29.5 Å². The highest BCUT2D eigenvalue weighted by molar-refractivity contribution is 7.20. The van der Waals surface area contributed by atoms with Gasteiger partial charge >= 0.3 is 0 Å². The number of hydrogen-bond acceptors (Lipinski definition) is 3. The van der Waals surface area contributed by atoms with E-state index in [9.17, 15) is 5.11 Å². The molecule has 96 valence electrons. The number of halogens is 3. The van der Waals surface area contributed by atoms with Gasteiger partial charge < -0.3 is 9.84 Å². The van der Waals surface area contributed by atoms with E-state index >= 15 is 0 Å². The number of rotatable bonds is 3. The molecule has 0 aliphatic rings. The third-order valence-electron chi connectivity index (χ3n) is 2.46. The van der Waals surface area contributed by atoms with Gasteiger partial charge in [0.05, 0.1) is 11.4 Å². The molecule has 0 saturated carbocycles. The molecule has 1 N–H and O–H groups in total. The molecule has 2 aromatic rings. The van der Waals surface area contributed by atoms with Gasteiger partial charge in [0.2, 0.25) is 0 Å². The van der Waals surface area contributed by atoms with Gasteiger partial charge in [-0.3, -0.25) is 0 Å². The lowest BCUT2D eigenvalue weighted by atomic mass is 10.0. The van der Waals surface area contributed by atoms with Crippen LogP contribution in [0.15, 0.2) is 24.3 Å². The molecule has 1 aromatic heterocycles. The van der Waals surface area contributed by atoms with Crippen molar-refractivity contribution >= 4 is 46.1 Å². The van der Waals surface area contributed by atoms with Crippen LogP contribution in [-0.4, -0.2) is 12.2 Å². The Morgan fingerprint density at radius 2 is 1.89 bits per heavy atom. The van der Waals surface area contributed by atoms with Crippen molar-refractivity contribution in [1.29, 1.82) is 0 Å². The van der Waals surface area contributed by atoms with Crippen LogP contribution in [0, 0.1) is 0 Å². The Labute approximate surface area is 124 Å². The normalized spacial score (nSPS) is 12.5. The van der Waals surface area contributed by atoms with Crippen molar-refractivity contribution in [2.75, 3.05) is 7.11 Å². The lowest BCUT2D eigenvalue weighted by molar-refractivity contribution is 0.215. The Hall–Kier alpha value is -0.450. The number of hydrogen-bond donors (Lipinski definition) is 1. The van der Waals surface area contributed by atoms with E-state index in [1.54, 1.807) is 24.3 Å². The number of aliphatic hydroxyl groups excluding tert-OH is 1. The first-order chi connectivity index (χ1) is 8.52. The van der Waals surface area contributed by atoms with Gasteiger partial charge in [0.25, 0.3) is 0 Å². The molecule has 18 heavy (non-hydrogen) atoms. The molecule has 1 atom stereocenters. The minimum absolute atomic E-state index is 0.453. The third-order valence-corrected chi connectivity index (χ3v) is 4.22.